The number of carbonyl (C=O) groups excluding carboxylic acids is 1. The van der Waals surface area contributed by atoms with Crippen molar-refractivity contribution in [1.82, 2.24) is 23.3 Å². The Bertz CT molecular complexity index is 1240. The molecule has 0 unspecified atom stereocenters. The number of fused-ring (bicyclic) bond motifs is 1. The lowest BCUT2D eigenvalue weighted by atomic mass is 10.2. The molecular weight excluding hydrogens is 466 g/mol. The Morgan fingerprint density at radius 1 is 1.06 bits per heavy atom. The SMILES string of the molecule is COc1ccc(CNC(=O)CN2CCN(S(=O)(=O)c3cccc4nsnc34)CC2)cc1OC. The van der Waals surface area contributed by atoms with E-state index in [9.17, 15) is 13.2 Å². The van der Waals surface area contributed by atoms with E-state index in [0.29, 0.717) is 55.3 Å². The molecule has 0 atom stereocenters. The summed E-state index contributed by atoms with van der Waals surface area (Å²) in [6.07, 6.45) is 0. The summed E-state index contributed by atoms with van der Waals surface area (Å²) in [6, 6.07) is 10.5. The number of carbonyl (C=O) groups is 1. The monoisotopic (exact) mass is 491 g/mol. The number of benzene rings is 2. The van der Waals surface area contributed by atoms with Crippen LogP contribution in [0, 0.1) is 0 Å². The number of aromatic nitrogens is 2. The van der Waals surface area contributed by atoms with Crippen molar-refractivity contribution >= 4 is 38.7 Å². The van der Waals surface area contributed by atoms with Crippen LogP contribution in [-0.2, 0) is 21.4 Å². The third-order valence-electron chi connectivity index (χ3n) is 5.50. The van der Waals surface area contributed by atoms with Crippen LogP contribution in [0.4, 0.5) is 0 Å². The number of hydrogen-bond donors (Lipinski definition) is 1. The number of sulfonamides is 1. The summed E-state index contributed by atoms with van der Waals surface area (Å²) in [6.45, 7) is 2.10. The number of ether oxygens (including phenoxy) is 2. The molecule has 1 N–H and O–H groups in total. The van der Waals surface area contributed by atoms with E-state index in [4.69, 9.17) is 9.47 Å². The molecule has 0 aliphatic carbocycles. The summed E-state index contributed by atoms with van der Waals surface area (Å²) in [4.78, 5) is 14.5. The first-order chi connectivity index (χ1) is 15.9. The van der Waals surface area contributed by atoms with Gasteiger partial charge in [-0.15, -0.1) is 0 Å². The van der Waals surface area contributed by atoms with Crippen LogP contribution in [0.25, 0.3) is 11.0 Å². The van der Waals surface area contributed by atoms with Gasteiger partial charge in [-0.2, -0.15) is 13.1 Å². The average molecular weight is 492 g/mol. The van der Waals surface area contributed by atoms with Gasteiger partial charge in [0.1, 0.15) is 15.9 Å². The van der Waals surface area contributed by atoms with Crippen molar-refractivity contribution in [3.63, 3.8) is 0 Å². The van der Waals surface area contributed by atoms with Gasteiger partial charge in [0.2, 0.25) is 15.9 Å². The van der Waals surface area contributed by atoms with E-state index < -0.39 is 10.0 Å². The molecule has 12 heteroatoms. The lowest BCUT2D eigenvalue weighted by Crippen LogP contribution is -2.51. The first-order valence-corrected chi connectivity index (χ1v) is 12.5. The van der Waals surface area contributed by atoms with Gasteiger partial charge in [-0.25, -0.2) is 8.42 Å². The summed E-state index contributed by atoms with van der Waals surface area (Å²) >= 11 is 0.995. The van der Waals surface area contributed by atoms with Gasteiger partial charge in [0.05, 0.1) is 32.5 Å². The summed E-state index contributed by atoms with van der Waals surface area (Å²) in [7, 11) is -0.547. The lowest BCUT2D eigenvalue weighted by Gasteiger charge is -2.33. The average Bonchev–Trinajstić information content (AvgIpc) is 3.32. The van der Waals surface area contributed by atoms with Gasteiger partial charge < -0.3 is 14.8 Å². The molecule has 4 rings (SSSR count). The second-order valence-electron chi connectivity index (χ2n) is 7.53. The van der Waals surface area contributed by atoms with Gasteiger partial charge in [-0.3, -0.25) is 9.69 Å². The van der Waals surface area contributed by atoms with Crippen LogP contribution in [0.2, 0.25) is 0 Å². The largest absolute Gasteiger partial charge is 0.493 e. The van der Waals surface area contributed by atoms with Gasteiger partial charge in [-0.1, -0.05) is 12.1 Å². The highest BCUT2D eigenvalue weighted by molar-refractivity contribution is 7.89. The van der Waals surface area contributed by atoms with E-state index in [1.54, 1.807) is 38.5 Å². The van der Waals surface area contributed by atoms with E-state index in [-0.39, 0.29) is 17.3 Å². The van der Waals surface area contributed by atoms with Gasteiger partial charge in [0.15, 0.2) is 11.5 Å². The molecular formula is C21H25N5O5S2. The van der Waals surface area contributed by atoms with Crippen LogP contribution in [0.15, 0.2) is 41.3 Å². The van der Waals surface area contributed by atoms with Crippen LogP contribution in [0.1, 0.15) is 5.56 Å². The number of piperazine rings is 1. The maximum absolute atomic E-state index is 13.1. The minimum Gasteiger partial charge on any atom is -0.493 e. The molecule has 0 radical (unpaired) electrons. The van der Waals surface area contributed by atoms with Gasteiger partial charge in [-0.05, 0) is 29.8 Å². The van der Waals surface area contributed by atoms with Crippen molar-refractivity contribution in [2.45, 2.75) is 11.4 Å². The number of nitrogens with zero attached hydrogens (tertiary/aromatic N) is 4. The molecule has 1 saturated heterocycles. The van der Waals surface area contributed by atoms with Gasteiger partial charge >= 0.3 is 0 Å². The Morgan fingerprint density at radius 3 is 2.55 bits per heavy atom. The van der Waals surface area contributed by atoms with Crippen LogP contribution in [-0.4, -0.2) is 79.2 Å². The molecule has 1 aliphatic heterocycles. The molecule has 0 spiro atoms. The second-order valence-corrected chi connectivity index (χ2v) is 9.97. The van der Waals surface area contributed by atoms with Gasteiger partial charge in [0.25, 0.3) is 0 Å². The predicted molar refractivity (Wildman–Crippen MR) is 124 cm³/mol. The maximum atomic E-state index is 13.1. The number of methoxy groups -OCH3 is 2. The molecule has 10 nitrogen and oxygen atoms in total. The fourth-order valence-electron chi connectivity index (χ4n) is 3.71. The predicted octanol–water partition coefficient (Wildman–Crippen LogP) is 1.33. The van der Waals surface area contributed by atoms with E-state index in [1.807, 2.05) is 17.0 Å². The zero-order chi connectivity index (χ0) is 23.4. The number of nitrogens with one attached hydrogen (secondary N) is 1. The highest BCUT2D eigenvalue weighted by atomic mass is 32.2. The Balaban J connectivity index is 1.30. The minimum absolute atomic E-state index is 0.126. The van der Waals surface area contributed by atoms with Crippen LogP contribution in [0.5, 0.6) is 11.5 Å². The molecule has 176 valence electrons. The number of amides is 1. The third kappa shape index (κ3) is 5.08. The van der Waals surface area contributed by atoms with Crippen molar-refractivity contribution in [1.29, 1.82) is 0 Å². The molecule has 1 amide bonds. The first kappa shape index (κ1) is 23.4. The zero-order valence-electron chi connectivity index (χ0n) is 18.4. The second kappa shape index (κ2) is 10.00. The summed E-state index contributed by atoms with van der Waals surface area (Å²) in [5, 5.41) is 2.90. The van der Waals surface area contributed by atoms with E-state index >= 15 is 0 Å². The highest BCUT2D eigenvalue weighted by Crippen LogP contribution is 2.27. The van der Waals surface area contributed by atoms with Crippen LogP contribution in [0.3, 0.4) is 0 Å². The Kier molecular flexibility index (Phi) is 7.08. The first-order valence-electron chi connectivity index (χ1n) is 10.3. The molecule has 1 fully saturated rings. The summed E-state index contributed by atoms with van der Waals surface area (Å²) in [5.41, 5.74) is 1.87. The standard InChI is InChI=1S/C21H25N5O5S2/c1-30-17-7-6-15(12-18(17)31-2)13-22-20(27)14-25-8-10-26(11-9-25)33(28,29)19-5-3-4-16-21(19)24-32-23-16/h3-7,12H,8-11,13-14H2,1-2H3,(H,22,27). The molecule has 1 aliphatic rings. The Hall–Kier alpha value is -2.80. The summed E-state index contributed by atoms with van der Waals surface area (Å²) in [5.74, 6) is 1.10. The molecule has 1 aromatic heterocycles. The number of rotatable bonds is 8. The van der Waals surface area contributed by atoms with Crippen molar-refractivity contribution in [2.75, 3.05) is 46.9 Å². The molecule has 3 aromatic rings. The fraction of sp³-hybridized carbons (Fsp3) is 0.381. The maximum Gasteiger partial charge on any atom is 0.245 e. The summed E-state index contributed by atoms with van der Waals surface area (Å²) < 4.78 is 46.5. The van der Waals surface area contributed by atoms with Gasteiger partial charge in [0, 0.05) is 32.7 Å². The lowest BCUT2D eigenvalue weighted by molar-refractivity contribution is -0.122. The molecule has 2 heterocycles. The Morgan fingerprint density at radius 2 is 1.82 bits per heavy atom. The third-order valence-corrected chi connectivity index (χ3v) is 7.98. The van der Waals surface area contributed by atoms with Crippen molar-refractivity contribution in [3.8, 4) is 11.5 Å². The zero-order valence-corrected chi connectivity index (χ0v) is 20.0. The van der Waals surface area contributed by atoms with Crippen molar-refractivity contribution < 1.29 is 22.7 Å². The molecule has 2 aromatic carbocycles. The smallest absolute Gasteiger partial charge is 0.245 e. The van der Waals surface area contributed by atoms with Crippen LogP contribution < -0.4 is 14.8 Å². The van der Waals surface area contributed by atoms with E-state index in [0.717, 1.165) is 17.3 Å². The van der Waals surface area contributed by atoms with Crippen LogP contribution >= 0.6 is 11.7 Å². The fourth-order valence-corrected chi connectivity index (χ4v) is 5.88. The Labute approximate surface area is 196 Å². The normalized spacial score (nSPS) is 15.5. The molecule has 33 heavy (non-hydrogen) atoms. The number of hydrogen-bond acceptors (Lipinski definition) is 9. The van der Waals surface area contributed by atoms with E-state index in [1.165, 1.54) is 4.31 Å². The van der Waals surface area contributed by atoms with E-state index in [2.05, 4.69) is 14.1 Å². The van der Waals surface area contributed by atoms with Crippen molar-refractivity contribution in [3.05, 3.63) is 42.0 Å². The molecule has 0 bridgehead atoms. The minimum atomic E-state index is -3.68. The van der Waals surface area contributed by atoms with Crippen molar-refractivity contribution in [2.24, 2.45) is 0 Å². The topological polar surface area (TPSA) is 114 Å². The molecule has 0 saturated carbocycles. The highest BCUT2D eigenvalue weighted by Gasteiger charge is 2.31. The quantitative estimate of drug-likeness (QED) is 0.502.